The molecule has 1 aromatic heterocycles. The monoisotopic (exact) mass is 363 g/mol. The fraction of sp³-hybridized carbons (Fsp3) is 0.500. The van der Waals surface area contributed by atoms with E-state index in [1.165, 1.54) is 6.92 Å². The Bertz CT molecular complexity index is 657. The van der Waals surface area contributed by atoms with Gasteiger partial charge in [0.25, 0.3) is 0 Å². The lowest BCUT2D eigenvalue weighted by atomic mass is 10.0. The van der Waals surface area contributed by atoms with Crippen molar-refractivity contribution in [1.82, 2.24) is 14.8 Å². The highest BCUT2D eigenvalue weighted by Crippen LogP contribution is 2.30. The minimum atomic E-state index is -5.05. The zero-order valence-corrected chi connectivity index (χ0v) is 13.9. The van der Waals surface area contributed by atoms with Crippen LogP contribution in [0.3, 0.4) is 0 Å². The molecule has 1 saturated heterocycles. The molecule has 132 valence electrons. The lowest BCUT2D eigenvalue weighted by Gasteiger charge is -2.32. The largest absolute Gasteiger partial charge is 0.492 e. The quantitative estimate of drug-likeness (QED) is 0.820. The fourth-order valence-electron chi connectivity index (χ4n) is 2.25. The van der Waals surface area contributed by atoms with Crippen LogP contribution in [0.15, 0.2) is 17.8 Å². The van der Waals surface area contributed by atoms with Crippen LogP contribution in [-0.4, -0.2) is 50.4 Å². The normalized spacial score (nSPS) is 21.0. The van der Waals surface area contributed by atoms with Crippen molar-refractivity contribution in [2.75, 3.05) is 13.1 Å². The van der Waals surface area contributed by atoms with Gasteiger partial charge in [0.1, 0.15) is 0 Å². The van der Waals surface area contributed by atoms with Gasteiger partial charge in [-0.05, 0) is 24.1 Å². The van der Waals surface area contributed by atoms with Gasteiger partial charge in [0.2, 0.25) is 0 Å². The number of nitrogens with zero attached hydrogens (tertiary/aromatic N) is 3. The Morgan fingerprint density at radius 2 is 2.17 bits per heavy atom. The summed E-state index contributed by atoms with van der Waals surface area (Å²) in [5.74, 6) is -2.25. The van der Waals surface area contributed by atoms with Gasteiger partial charge in [-0.15, -0.1) is 5.06 Å². The number of thioether (sulfide) groups is 1. The number of hydrogen-bond donors (Lipinski definition) is 0. The second-order valence-electron chi connectivity index (χ2n) is 5.26. The van der Waals surface area contributed by atoms with E-state index in [-0.39, 0.29) is 23.5 Å². The van der Waals surface area contributed by atoms with Crippen LogP contribution in [0.5, 0.6) is 0 Å². The molecule has 1 unspecified atom stereocenters. The number of hydroxylamine groups is 2. The molecule has 0 spiro atoms. The summed E-state index contributed by atoms with van der Waals surface area (Å²) in [6, 6.07) is 1.74. The topological polar surface area (TPSA) is 64.4 Å². The lowest BCUT2D eigenvalue weighted by molar-refractivity contribution is -0.238. The van der Waals surface area contributed by atoms with E-state index in [1.807, 2.05) is 0 Å². The van der Waals surface area contributed by atoms with E-state index in [9.17, 15) is 22.8 Å². The smallest absolute Gasteiger partial charge is 0.360 e. The highest BCUT2D eigenvalue weighted by Gasteiger charge is 2.43. The summed E-state index contributed by atoms with van der Waals surface area (Å²) in [7, 11) is 1.74. The number of alkyl halides is 3. The highest BCUT2D eigenvalue weighted by molar-refractivity contribution is 8.14. The van der Waals surface area contributed by atoms with Gasteiger partial charge >= 0.3 is 12.1 Å². The maximum absolute atomic E-state index is 12.3. The van der Waals surface area contributed by atoms with Crippen molar-refractivity contribution in [3.8, 4) is 0 Å². The molecule has 10 heteroatoms. The average Bonchev–Trinajstić information content (AvgIpc) is 2.85. The van der Waals surface area contributed by atoms with Crippen molar-refractivity contribution >= 4 is 28.9 Å². The van der Waals surface area contributed by atoms with Crippen molar-refractivity contribution in [2.45, 2.75) is 24.8 Å². The molecule has 1 aromatic rings. The Hall–Kier alpha value is -1.81. The van der Waals surface area contributed by atoms with Crippen LogP contribution < -0.4 is 0 Å². The molecule has 0 radical (unpaired) electrons. The molecule has 1 aliphatic heterocycles. The molecule has 0 aliphatic carbocycles. The third-order valence-corrected chi connectivity index (χ3v) is 4.39. The molecule has 24 heavy (non-hydrogen) atoms. The number of hydrogen-bond acceptors (Lipinski definition) is 6. The SMILES string of the molecule is CC(=O)SC1CCN(OC(=O)C(F)(F)F)C/C1=C\c1ccn(C)n1. The molecule has 1 aliphatic rings. The molecule has 0 bridgehead atoms. The number of halogens is 3. The minimum absolute atomic E-state index is 0.0106. The molecule has 2 rings (SSSR count). The van der Waals surface area contributed by atoms with E-state index in [4.69, 9.17) is 0 Å². The van der Waals surface area contributed by atoms with Crippen LogP contribution >= 0.6 is 11.8 Å². The highest BCUT2D eigenvalue weighted by atomic mass is 32.2. The second kappa shape index (κ2) is 7.39. The first kappa shape index (κ1) is 18.5. The van der Waals surface area contributed by atoms with Gasteiger partial charge < -0.3 is 4.84 Å². The molecule has 2 heterocycles. The Kier molecular flexibility index (Phi) is 5.70. The first-order chi connectivity index (χ1) is 11.1. The molecule has 1 fully saturated rings. The fourth-order valence-corrected chi connectivity index (χ4v) is 3.17. The zero-order chi connectivity index (χ0) is 17.9. The predicted octanol–water partition coefficient (Wildman–Crippen LogP) is 2.18. The van der Waals surface area contributed by atoms with Crippen molar-refractivity contribution < 1.29 is 27.6 Å². The Morgan fingerprint density at radius 1 is 1.46 bits per heavy atom. The van der Waals surface area contributed by atoms with E-state index in [2.05, 4.69) is 9.94 Å². The summed E-state index contributed by atoms with van der Waals surface area (Å²) >= 11 is 1.10. The van der Waals surface area contributed by atoms with Gasteiger partial charge in [-0.2, -0.15) is 18.3 Å². The van der Waals surface area contributed by atoms with Crippen molar-refractivity contribution in [2.24, 2.45) is 7.05 Å². The van der Waals surface area contributed by atoms with Crippen LogP contribution in [-0.2, 0) is 21.5 Å². The lowest BCUT2D eigenvalue weighted by Crippen LogP contribution is -2.41. The standard InChI is InChI=1S/C14H16F3N3O3S/c1-9(21)24-12-4-6-20(23-13(22)14(15,16)17)8-10(12)7-11-3-5-19(2)18-11/h3,5,7,12H,4,6,8H2,1-2H3/b10-7+. The van der Waals surface area contributed by atoms with Crippen molar-refractivity contribution in [3.63, 3.8) is 0 Å². The molecule has 1 atom stereocenters. The van der Waals surface area contributed by atoms with Gasteiger partial charge in [0.15, 0.2) is 5.12 Å². The van der Waals surface area contributed by atoms with Crippen LogP contribution in [0.1, 0.15) is 19.0 Å². The number of rotatable bonds is 3. The van der Waals surface area contributed by atoms with Crippen LogP contribution in [0.25, 0.3) is 6.08 Å². The zero-order valence-electron chi connectivity index (χ0n) is 13.0. The summed E-state index contributed by atoms with van der Waals surface area (Å²) in [4.78, 5) is 26.7. The molecule has 0 aromatic carbocycles. The molecule has 6 nitrogen and oxygen atoms in total. The van der Waals surface area contributed by atoms with E-state index >= 15 is 0 Å². The number of aromatic nitrogens is 2. The number of piperidine rings is 1. The van der Waals surface area contributed by atoms with Crippen molar-refractivity contribution in [1.29, 1.82) is 0 Å². The summed E-state index contributed by atoms with van der Waals surface area (Å²) in [5, 5.41) is 4.86. The van der Waals surface area contributed by atoms with Crippen LogP contribution in [0.4, 0.5) is 13.2 Å². The Balaban J connectivity index is 2.15. The summed E-state index contributed by atoms with van der Waals surface area (Å²) < 4.78 is 38.6. The molecular weight excluding hydrogens is 347 g/mol. The Morgan fingerprint density at radius 3 is 2.71 bits per heavy atom. The van der Waals surface area contributed by atoms with Gasteiger partial charge in [0.05, 0.1) is 12.2 Å². The number of carbonyl (C=O) groups excluding carboxylic acids is 2. The maximum Gasteiger partial charge on any atom is 0.492 e. The predicted molar refractivity (Wildman–Crippen MR) is 81.6 cm³/mol. The van der Waals surface area contributed by atoms with Gasteiger partial charge in [-0.25, -0.2) is 4.79 Å². The van der Waals surface area contributed by atoms with Crippen LogP contribution in [0.2, 0.25) is 0 Å². The van der Waals surface area contributed by atoms with Crippen molar-refractivity contribution in [3.05, 3.63) is 23.5 Å². The average molecular weight is 363 g/mol. The third kappa shape index (κ3) is 5.10. The first-order valence-corrected chi connectivity index (χ1v) is 7.94. The first-order valence-electron chi connectivity index (χ1n) is 7.06. The van der Waals surface area contributed by atoms with Gasteiger partial charge in [-0.1, -0.05) is 11.8 Å². The number of aryl methyl sites for hydroxylation is 1. The van der Waals surface area contributed by atoms with Crippen LogP contribution in [0, 0.1) is 0 Å². The van der Waals surface area contributed by atoms with E-state index in [1.54, 1.807) is 30.1 Å². The molecular formula is C14H16F3N3O3S. The minimum Gasteiger partial charge on any atom is -0.360 e. The summed E-state index contributed by atoms with van der Waals surface area (Å²) in [6.45, 7) is 1.54. The third-order valence-electron chi connectivity index (χ3n) is 3.23. The van der Waals surface area contributed by atoms with E-state index in [0.717, 1.165) is 16.8 Å². The summed E-state index contributed by atoms with van der Waals surface area (Å²) in [5.41, 5.74) is 1.29. The van der Waals surface area contributed by atoms with E-state index < -0.39 is 12.1 Å². The number of carbonyl (C=O) groups is 2. The Labute approximate surface area is 140 Å². The second-order valence-corrected chi connectivity index (χ2v) is 6.64. The molecule has 0 amide bonds. The maximum atomic E-state index is 12.3. The van der Waals surface area contributed by atoms with E-state index in [0.29, 0.717) is 17.7 Å². The molecule has 0 saturated carbocycles. The summed E-state index contributed by atoms with van der Waals surface area (Å²) in [6.07, 6.45) is -1.23. The van der Waals surface area contributed by atoms with Gasteiger partial charge in [0, 0.05) is 32.0 Å². The van der Waals surface area contributed by atoms with Gasteiger partial charge in [-0.3, -0.25) is 9.48 Å². The molecule has 0 N–H and O–H groups in total.